The van der Waals surface area contributed by atoms with E-state index in [1.807, 2.05) is 4.90 Å². The molecule has 3 rings (SSSR count). The summed E-state index contributed by atoms with van der Waals surface area (Å²) >= 11 is 0. The molecule has 1 saturated carbocycles. The first kappa shape index (κ1) is 22.3. The van der Waals surface area contributed by atoms with Gasteiger partial charge in [-0.1, -0.05) is 6.42 Å². The highest BCUT2D eigenvalue weighted by atomic mass is 35.5. The highest BCUT2D eigenvalue weighted by Crippen LogP contribution is 2.26. The molecule has 1 saturated heterocycles. The van der Waals surface area contributed by atoms with Crippen LogP contribution in [-0.2, 0) is 4.79 Å². The average molecular weight is 412 g/mol. The van der Waals surface area contributed by atoms with Gasteiger partial charge in [0.2, 0.25) is 5.91 Å². The summed E-state index contributed by atoms with van der Waals surface area (Å²) in [5.41, 5.74) is 6.55. The van der Waals surface area contributed by atoms with E-state index < -0.39 is 0 Å². The molecule has 0 radical (unpaired) electrons. The molecular weight excluding hydrogens is 382 g/mol. The van der Waals surface area contributed by atoms with Crippen LogP contribution in [0.3, 0.4) is 0 Å². The molecule has 1 aromatic rings. The second-order valence-electron chi connectivity index (χ2n) is 7.34. The summed E-state index contributed by atoms with van der Waals surface area (Å²) in [5, 5.41) is 0. The van der Waals surface area contributed by atoms with Gasteiger partial charge in [0.05, 0.1) is 14.2 Å². The van der Waals surface area contributed by atoms with E-state index in [0.29, 0.717) is 43.2 Å². The molecule has 8 heteroatoms. The lowest BCUT2D eigenvalue weighted by Crippen LogP contribution is -2.52. The molecule has 2 amide bonds. The molecule has 2 N–H and O–H groups in total. The summed E-state index contributed by atoms with van der Waals surface area (Å²) in [7, 11) is 3.12. The summed E-state index contributed by atoms with van der Waals surface area (Å²) < 4.78 is 10.5. The lowest BCUT2D eigenvalue weighted by Gasteiger charge is -2.37. The standard InChI is InChI=1S/C20H29N3O4.ClH/c1-26-17-11-15(12-18(13-17)27-2)20(25)23-8-6-22(7-9-23)19(24)14-4-3-5-16(21)10-14;/h11-14,16H,3-10,21H2,1-2H3;1H. The van der Waals surface area contributed by atoms with Gasteiger partial charge in [0, 0.05) is 49.8 Å². The number of hydrogen-bond donors (Lipinski definition) is 1. The minimum absolute atomic E-state index is 0. The quantitative estimate of drug-likeness (QED) is 0.818. The molecule has 7 nitrogen and oxygen atoms in total. The molecule has 1 aliphatic carbocycles. The fourth-order valence-electron chi connectivity index (χ4n) is 3.95. The van der Waals surface area contributed by atoms with Crippen LogP contribution in [0.2, 0.25) is 0 Å². The van der Waals surface area contributed by atoms with Crippen molar-refractivity contribution in [3.63, 3.8) is 0 Å². The van der Waals surface area contributed by atoms with Gasteiger partial charge in [0.1, 0.15) is 11.5 Å². The van der Waals surface area contributed by atoms with E-state index >= 15 is 0 Å². The first-order valence-electron chi connectivity index (χ1n) is 9.58. The van der Waals surface area contributed by atoms with Crippen molar-refractivity contribution < 1.29 is 19.1 Å². The number of amides is 2. The molecule has 28 heavy (non-hydrogen) atoms. The first-order chi connectivity index (χ1) is 13.0. The number of nitrogens with zero attached hydrogens (tertiary/aromatic N) is 2. The van der Waals surface area contributed by atoms with E-state index in [1.165, 1.54) is 0 Å². The zero-order chi connectivity index (χ0) is 19.4. The van der Waals surface area contributed by atoms with Gasteiger partial charge in [-0.25, -0.2) is 0 Å². The van der Waals surface area contributed by atoms with Crippen molar-refractivity contribution in [2.45, 2.75) is 31.7 Å². The summed E-state index contributed by atoms with van der Waals surface area (Å²) in [4.78, 5) is 29.3. The maximum absolute atomic E-state index is 12.9. The van der Waals surface area contributed by atoms with Gasteiger partial charge in [-0.3, -0.25) is 9.59 Å². The molecule has 0 bridgehead atoms. The van der Waals surface area contributed by atoms with Gasteiger partial charge in [0.25, 0.3) is 5.91 Å². The van der Waals surface area contributed by atoms with Crippen molar-refractivity contribution in [1.29, 1.82) is 0 Å². The summed E-state index contributed by atoms with van der Waals surface area (Å²) in [6.07, 6.45) is 3.74. The number of halogens is 1. The number of benzene rings is 1. The molecule has 0 spiro atoms. The fourth-order valence-corrected chi connectivity index (χ4v) is 3.95. The topological polar surface area (TPSA) is 85.1 Å². The zero-order valence-electron chi connectivity index (χ0n) is 16.6. The van der Waals surface area contributed by atoms with E-state index in [2.05, 4.69) is 0 Å². The molecular formula is C20H30ClN3O4. The van der Waals surface area contributed by atoms with Crippen molar-refractivity contribution >= 4 is 24.2 Å². The molecule has 156 valence electrons. The molecule has 1 aromatic carbocycles. The number of rotatable bonds is 4. The molecule has 0 aromatic heterocycles. The van der Waals surface area contributed by atoms with E-state index in [1.54, 1.807) is 37.3 Å². The van der Waals surface area contributed by atoms with E-state index in [-0.39, 0.29) is 36.2 Å². The summed E-state index contributed by atoms with van der Waals surface area (Å²) in [6.45, 7) is 2.20. The van der Waals surface area contributed by atoms with Crippen LogP contribution in [0.15, 0.2) is 18.2 Å². The third-order valence-electron chi connectivity index (χ3n) is 5.54. The van der Waals surface area contributed by atoms with Gasteiger partial charge in [-0.15, -0.1) is 12.4 Å². The predicted molar refractivity (Wildman–Crippen MR) is 109 cm³/mol. The van der Waals surface area contributed by atoms with Crippen LogP contribution >= 0.6 is 12.4 Å². The second-order valence-corrected chi connectivity index (χ2v) is 7.34. The van der Waals surface area contributed by atoms with Crippen LogP contribution < -0.4 is 15.2 Å². The van der Waals surface area contributed by atoms with Gasteiger partial charge < -0.3 is 25.0 Å². The van der Waals surface area contributed by atoms with Crippen LogP contribution in [0.5, 0.6) is 11.5 Å². The largest absolute Gasteiger partial charge is 0.497 e. The Labute approximate surface area is 172 Å². The smallest absolute Gasteiger partial charge is 0.254 e. The minimum Gasteiger partial charge on any atom is -0.497 e. The van der Waals surface area contributed by atoms with Gasteiger partial charge in [0.15, 0.2) is 0 Å². The minimum atomic E-state index is -0.0704. The Morgan fingerprint density at radius 1 is 0.964 bits per heavy atom. The lowest BCUT2D eigenvalue weighted by molar-refractivity contribution is -0.138. The normalized spacial score (nSPS) is 22.2. The van der Waals surface area contributed by atoms with E-state index in [0.717, 1.165) is 25.7 Å². The van der Waals surface area contributed by atoms with Gasteiger partial charge in [-0.05, 0) is 31.4 Å². The monoisotopic (exact) mass is 411 g/mol. The Kier molecular flexibility index (Phi) is 7.95. The number of nitrogens with two attached hydrogens (primary N) is 1. The molecule has 1 aliphatic heterocycles. The van der Waals surface area contributed by atoms with Crippen molar-refractivity contribution in [2.75, 3.05) is 40.4 Å². The summed E-state index contributed by atoms with van der Waals surface area (Å²) in [6, 6.07) is 5.30. The van der Waals surface area contributed by atoms with Crippen molar-refractivity contribution in [3.8, 4) is 11.5 Å². The first-order valence-corrected chi connectivity index (χ1v) is 9.58. The van der Waals surface area contributed by atoms with Crippen molar-refractivity contribution in [3.05, 3.63) is 23.8 Å². The van der Waals surface area contributed by atoms with E-state index in [4.69, 9.17) is 15.2 Å². The molecule has 2 unspecified atom stereocenters. The number of methoxy groups -OCH3 is 2. The average Bonchev–Trinajstić information content (AvgIpc) is 2.72. The van der Waals surface area contributed by atoms with Gasteiger partial charge in [-0.2, -0.15) is 0 Å². The molecule has 2 fully saturated rings. The Balaban J connectivity index is 0.00000280. The third kappa shape index (κ3) is 5.08. The molecule has 1 heterocycles. The Morgan fingerprint density at radius 3 is 2.07 bits per heavy atom. The summed E-state index contributed by atoms with van der Waals surface area (Å²) in [5.74, 6) is 1.33. The Hall–Kier alpha value is -1.99. The van der Waals surface area contributed by atoms with Gasteiger partial charge >= 0.3 is 0 Å². The lowest BCUT2D eigenvalue weighted by atomic mass is 9.85. The van der Waals surface area contributed by atoms with Crippen molar-refractivity contribution in [1.82, 2.24) is 9.80 Å². The number of piperazine rings is 1. The Bertz CT molecular complexity index is 670. The third-order valence-corrected chi connectivity index (χ3v) is 5.54. The van der Waals surface area contributed by atoms with Crippen LogP contribution in [0, 0.1) is 5.92 Å². The van der Waals surface area contributed by atoms with Crippen molar-refractivity contribution in [2.24, 2.45) is 11.7 Å². The highest BCUT2D eigenvalue weighted by molar-refractivity contribution is 5.95. The molecule has 2 atom stereocenters. The van der Waals surface area contributed by atoms with E-state index in [9.17, 15) is 9.59 Å². The number of hydrogen-bond acceptors (Lipinski definition) is 5. The van der Waals surface area contributed by atoms with Crippen LogP contribution in [0.25, 0.3) is 0 Å². The number of ether oxygens (including phenoxy) is 2. The maximum Gasteiger partial charge on any atom is 0.254 e. The van der Waals surface area contributed by atoms with Crippen LogP contribution in [0.4, 0.5) is 0 Å². The predicted octanol–water partition coefficient (Wildman–Crippen LogP) is 1.93. The maximum atomic E-state index is 12.9. The SMILES string of the molecule is COc1cc(OC)cc(C(=O)N2CCN(C(=O)C3CCCC(N)C3)CC2)c1.Cl. The molecule has 2 aliphatic rings. The Morgan fingerprint density at radius 2 is 1.54 bits per heavy atom. The zero-order valence-corrected chi connectivity index (χ0v) is 17.4. The number of carbonyl (C=O) groups excluding carboxylic acids is 2. The fraction of sp³-hybridized carbons (Fsp3) is 0.600. The van der Waals surface area contributed by atoms with Crippen LogP contribution in [-0.4, -0.2) is 68.1 Å². The highest BCUT2D eigenvalue weighted by Gasteiger charge is 2.31. The second kappa shape index (κ2) is 9.98. The number of carbonyl (C=O) groups is 2. The van der Waals surface area contributed by atoms with Crippen LogP contribution in [0.1, 0.15) is 36.0 Å².